The molecule has 0 unspecified atom stereocenters. The van der Waals surface area contributed by atoms with E-state index in [0.717, 1.165) is 12.8 Å². The molecule has 5 rings (SSSR count). The van der Waals surface area contributed by atoms with Crippen molar-refractivity contribution in [3.8, 4) is 5.75 Å². The second kappa shape index (κ2) is 11.4. The molecule has 0 bridgehead atoms. The molecule has 1 aliphatic rings. The average Bonchev–Trinajstić information content (AvgIpc) is 3.61. The maximum absolute atomic E-state index is 15.2. The predicted molar refractivity (Wildman–Crippen MR) is 139 cm³/mol. The van der Waals surface area contributed by atoms with Crippen molar-refractivity contribution in [1.29, 1.82) is 0 Å². The summed E-state index contributed by atoms with van der Waals surface area (Å²) in [5, 5.41) is 11.1. The zero-order chi connectivity index (χ0) is 26.5. The number of nitrogens with zero attached hydrogens (tertiary/aromatic N) is 4. The number of methoxy groups -OCH3 is 1. The first kappa shape index (κ1) is 25.3. The van der Waals surface area contributed by atoms with Crippen molar-refractivity contribution in [2.24, 2.45) is 0 Å². The molecule has 1 N–H and O–H groups in total. The molecule has 196 valence electrons. The fourth-order valence-electron chi connectivity index (χ4n) is 4.63. The Morgan fingerprint density at radius 1 is 1.13 bits per heavy atom. The Bertz CT molecular complexity index is 1420. The molecule has 2 heterocycles. The number of carbonyl (C=O) groups excluding carboxylic acids is 2. The van der Waals surface area contributed by atoms with Crippen molar-refractivity contribution in [2.45, 2.75) is 31.5 Å². The van der Waals surface area contributed by atoms with Gasteiger partial charge in [-0.05, 0) is 55.3 Å². The van der Waals surface area contributed by atoms with Crippen molar-refractivity contribution in [3.05, 3.63) is 84.2 Å². The van der Waals surface area contributed by atoms with Crippen LogP contribution in [0.2, 0.25) is 0 Å². The zero-order valence-electron chi connectivity index (χ0n) is 20.9. The number of hydrogen-bond donors (Lipinski definition) is 1. The molecule has 1 aliphatic heterocycles. The highest BCUT2D eigenvalue weighted by atomic mass is 19.1. The van der Waals surface area contributed by atoms with Crippen LogP contribution >= 0.6 is 0 Å². The van der Waals surface area contributed by atoms with E-state index in [1.807, 2.05) is 18.2 Å². The SMILES string of the molecule is COc1ccc(N(C(=O)Cn2nnc3ccccc32)[C@H](C(=O)NC[C@H]2CCCO2)c2ccccc2F)cc1. The number of ether oxygens (including phenoxy) is 2. The Hall–Kier alpha value is -4.31. The van der Waals surface area contributed by atoms with E-state index in [1.54, 1.807) is 42.5 Å². The molecule has 1 fully saturated rings. The third-order valence-electron chi connectivity index (χ3n) is 6.56. The van der Waals surface area contributed by atoms with E-state index in [9.17, 15) is 9.59 Å². The Morgan fingerprint density at radius 2 is 1.89 bits per heavy atom. The van der Waals surface area contributed by atoms with E-state index in [2.05, 4.69) is 15.6 Å². The minimum Gasteiger partial charge on any atom is -0.497 e. The summed E-state index contributed by atoms with van der Waals surface area (Å²) in [6.45, 7) is 0.693. The lowest BCUT2D eigenvalue weighted by Crippen LogP contribution is -2.47. The number of halogens is 1. The van der Waals surface area contributed by atoms with Crippen molar-refractivity contribution < 1.29 is 23.5 Å². The summed E-state index contributed by atoms with van der Waals surface area (Å²) in [4.78, 5) is 29.0. The number of amides is 2. The summed E-state index contributed by atoms with van der Waals surface area (Å²) in [6, 6.07) is 18.6. The Kier molecular flexibility index (Phi) is 7.60. The number of carbonyl (C=O) groups is 2. The number of nitrogens with one attached hydrogen (secondary N) is 1. The van der Waals surface area contributed by atoms with Crippen molar-refractivity contribution in [2.75, 3.05) is 25.2 Å². The van der Waals surface area contributed by atoms with Gasteiger partial charge in [-0.3, -0.25) is 14.5 Å². The van der Waals surface area contributed by atoms with Gasteiger partial charge in [-0.1, -0.05) is 35.5 Å². The molecule has 0 aliphatic carbocycles. The van der Waals surface area contributed by atoms with E-state index < -0.39 is 23.7 Å². The van der Waals surface area contributed by atoms with Crippen LogP contribution < -0.4 is 15.0 Å². The van der Waals surface area contributed by atoms with Gasteiger partial charge in [0.1, 0.15) is 29.7 Å². The van der Waals surface area contributed by atoms with Gasteiger partial charge in [-0.2, -0.15) is 0 Å². The van der Waals surface area contributed by atoms with Gasteiger partial charge < -0.3 is 14.8 Å². The summed E-state index contributed by atoms with van der Waals surface area (Å²) < 4.78 is 27.6. The smallest absolute Gasteiger partial charge is 0.249 e. The monoisotopic (exact) mass is 517 g/mol. The lowest BCUT2D eigenvalue weighted by molar-refractivity contribution is -0.127. The summed E-state index contributed by atoms with van der Waals surface area (Å²) in [5.74, 6) is -1.000. The largest absolute Gasteiger partial charge is 0.497 e. The predicted octanol–water partition coefficient (Wildman–Crippen LogP) is 3.65. The van der Waals surface area contributed by atoms with Gasteiger partial charge in [-0.15, -0.1) is 5.10 Å². The van der Waals surface area contributed by atoms with E-state index >= 15 is 4.39 Å². The minimum absolute atomic E-state index is 0.0740. The maximum Gasteiger partial charge on any atom is 0.249 e. The second-order valence-corrected chi connectivity index (χ2v) is 9.00. The summed E-state index contributed by atoms with van der Waals surface area (Å²) in [7, 11) is 1.54. The van der Waals surface area contributed by atoms with Crippen LogP contribution in [-0.2, 0) is 20.9 Å². The molecule has 2 amide bonds. The van der Waals surface area contributed by atoms with Crippen LogP contribution in [0.25, 0.3) is 11.0 Å². The average molecular weight is 518 g/mol. The molecule has 38 heavy (non-hydrogen) atoms. The summed E-state index contributed by atoms with van der Waals surface area (Å²) >= 11 is 0. The first-order valence-corrected chi connectivity index (χ1v) is 12.4. The Morgan fingerprint density at radius 3 is 2.63 bits per heavy atom. The molecule has 0 spiro atoms. The van der Waals surface area contributed by atoms with Gasteiger partial charge in [0, 0.05) is 24.4 Å². The van der Waals surface area contributed by atoms with Gasteiger partial charge in [0.25, 0.3) is 0 Å². The number of aromatic nitrogens is 3. The third kappa shape index (κ3) is 5.35. The lowest BCUT2D eigenvalue weighted by Gasteiger charge is -2.32. The van der Waals surface area contributed by atoms with Gasteiger partial charge in [-0.25, -0.2) is 9.07 Å². The fraction of sp³-hybridized carbons (Fsp3) is 0.286. The van der Waals surface area contributed by atoms with E-state index in [0.29, 0.717) is 29.1 Å². The highest BCUT2D eigenvalue weighted by Gasteiger charge is 2.35. The first-order valence-electron chi connectivity index (χ1n) is 12.4. The molecule has 3 aromatic carbocycles. The maximum atomic E-state index is 15.2. The number of benzene rings is 3. The number of anilines is 1. The van der Waals surface area contributed by atoms with Gasteiger partial charge in [0.05, 0.1) is 18.7 Å². The zero-order valence-corrected chi connectivity index (χ0v) is 20.9. The van der Waals surface area contributed by atoms with Gasteiger partial charge in [0.15, 0.2) is 0 Å². The van der Waals surface area contributed by atoms with Crippen LogP contribution in [0.15, 0.2) is 72.8 Å². The molecule has 10 heteroatoms. The second-order valence-electron chi connectivity index (χ2n) is 9.00. The highest BCUT2D eigenvalue weighted by molar-refractivity contribution is 6.01. The molecular formula is C28H28FN5O4. The Balaban J connectivity index is 1.55. The number of fused-ring (bicyclic) bond motifs is 1. The molecule has 1 aromatic heterocycles. The molecule has 9 nitrogen and oxygen atoms in total. The number of hydrogen-bond acceptors (Lipinski definition) is 6. The van der Waals surface area contributed by atoms with Crippen LogP contribution in [0.1, 0.15) is 24.4 Å². The molecule has 4 aromatic rings. The quantitative estimate of drug-likeness (QED) is 0.364. The Labute approximate surface area is 219 Å². The van der Waals surface area contributed by atoms with E-state index in [4.69, 9.17) is 9.47 Å². The van der Waals surface area contributed by atoms with E-state index in [1.165, 1.54) is 28.8 Å². The molecule has 2 atom stereocenters. The number of rotatable bonds is 9. The normalized spacial score (nSPS) is 15.8. The summed E-state index contributed by atoms with van der Waals surface area (Å²) in [5.41, 5.74) is 1.78. The minimum atomic E-state index is -1.28. The summed E-state index contributed by atoms with van der Waals surface area (Å²) in [6.07, 6.45) is 1.62. The molecule has 0 radical (unpaired) electrons. The molecule has 1 saturated heterocycles. The van der Waals surface area contributed by atoms with Crippen molar-refractivity contribution in [3.63, 3.8) is 0 Å². The van der Waals surface area contributed by atoms with Gasteiger partial charge >= 0.3 is 0 Å². The van der Waals surface area contributed by atoms with Crippen LogP contribution in [-0.4, -0.2) is 53.2 Å². The molecular weight excluding hydrogens is 489 g/mol. The van der Waals surface area contributed by atoms with Crippen LogP contribution in [0, 0.1) is 5.82 Å². The standard InChI is InChI=1S/C28H28FN5O4/c1-37-20-14-12-19(13-15-20)34(26(35)18-33-25-11-5-4-10-24(25)31-32-33)27(22-8-2-3-9-23(22)29)28(36)30-17-21-7-6-16-38-21/h2-5,8-15,21,27H,6-7,16-18H2,1H3,(H,30,36)/t21-,27+/m1/s1. The van der Waals surface area contributed by atoms with Gasteiger partial charge in [0.2, 0.25) is 11.8 Å². The van der Waals surface area contributed by atoms with Crippen LogP contribution in [0.3, 0.4) is 0 Å². The highest BCUT2D eigenvalue weighted by Crippen LogP contribution is 2.31. The van der Waals surface area contributed by atoms with E-state index in [-0.39, 0.29) is 24.8 Å². The van der Waals surface area contributed by atoms with Crippen LogP contribution in [0.5, 0.6) is 5.75 Å². The lowest BCUT2D eigenvalue weighted by atomic mass is 10.0. The third-order valence-corrected chi connectivity index (χ3v) is 6.56. The fourth-order valence-corrected chi connectivity index (χ4v) is 4.63. The van der Waals surface area contributed by atoms with Crippen LogP contribution in [0.4, 0.5) is 10.1 Å². The molecule has 0 saturated carbocycles. The van der Waals surface area contributed by atoms with Crippen molar-refractivity contribution >= 4 is 28.5 Å². The topological polar surface area (TPSA) is 98.6 Å². The first-order chi connectivity index (χ1) is 18.5. The van der Waals surface area contributed by atoms with Crippen molar-refractivity contribution in [1.82, 2.24) is 20.3 Å². The number of para-hydroxylation sites is 1.